The lowest BCUT2D eigenvalue weighted by Crippen LogP contribution is -2.53. The van der Waals surface area contributed by atoms with Crippen LogP contribution in [0.5, 0.6) is 0 Å². The topological polar surface area (TPSA) is 82.3 Å². The van der Waals surface area contributed by atoms with E-state index in [1.807, 2.05) is 18.2 Å². The summed E-state index contributed by atoms with van der Waals surface area (Å²) >= 11 is 3.52. The van der Waals surface area contributed by atoms with E-state index in [2.05, 4.69) is 33.4 Å². The van der Waals surface area contributed by atoms with Crippen LogP contribution in [0, 0.1) is 5.92 Å². The smallest absolute Gasteiger partial charge is 0.243 e. The fourth-order valence-electron chi connectivity index (χ4n) is 3.95. The van der Waals surface area contributed by atoms with Crippen LogP contribution in [0.3, 0.4) is 0 Å². The predicted molar refractivity (Wildman–Crippen MR) is 131 cm³/mol. The highest BCUT2D eigenvalue weighted by atomic mass is 32.2. The molecule has 1 aliphatic heterocycles. The molecule has 2 atom stereocenters. The highest BCUT2D eigenvalue weighted by Crippen LogP contribution is 2.27. The minimum Gasteiger partial charge on any atom is -0.353 e. The lowest BCUT2D eigenvalue weighted by Gasteiger charge is -2.23. The summed E-state index contributed by atoms with van der Waals surface area (Å²) < 4.78 is 0. The van der Waals surface area contributed by atoms with E-state index < -0.39 is 6.04 Å². The Balaban J connectivity index is 1.40. The van der Waals surface area contributed by atoms with Crippen molar-refractivity contribution in [2.75, 3.05) is 36.2 Å². The van der Waals surface area contributed by atoms with Crippen molar-refractivity contribution in [2.24, 2.45) is 5.92 Å². The van der Waals surface area contributed by atoms with Crippen molar-refractivity contribution in [2.45, 2.75) is 50.7 Å². The molecule has 0 bridgehead atoms. The average molecular weight is 465 g/mol. The average Bonchev–Trinajstić information content (AvgIpc) is 3.35. The van der Waals surface area contributed by atoms with Gasteiger partial charge >= 0.3 is 0 Å². The van der Waals surface area contributed by atoms with E-state index in [0.717, 1.165) is 29.8 Å². The van der Waals surface area contributed by atoms with Crippen molar-refractivity contribution < 1.29 is 9.59 Å². The van der Waals surface area contributed by atoms with Crippen molar-refractivity contribution in [1.82, 2.24) is 21.3 Å². The van der Waals surface area contributed by atoms with Crippen LogP contribution in [-0.2, 0) is 16.1 Å². The summed E-state index contributed by atoms with van der Waals surface area (Å²) in [6.45, 7) is 2.01. The Labute approximate surface area is 194 Å². The number of benzene rings is 1. The van der Waals surface area contributed by atoms with E-state index in [1.165, 1.54) is 37.7 Å². The quantitative estimate of drug-likeness (QED) is 0.356. The molecule has 4 N–H and O–H groups in total. The maximum Gasteiger partial charge on any atom is 0.243 e. The Morgan fingerprint density at radius 1 is 1.13 bits per heavy atom. The van der Waals surface area contributed by atoms with Gasteiger partial charge in [-0.15, -0.1) is 11.8 Å². The van der Waals surface area contributed by atoms with Crippen molar-refractivity contribution in [3.05, 3.63) is 35.9 Å². The van der Waals surface area contributed by atoms with Crippen LogP contribution < -0.4 is 21.3 Å². The van der Waals surface area contributed by atoms with Gasteiger partial charge in [-0.05, 0) is 30.1 Å². The molecule has 172 valence electrons. The number of rotatable bonds is 12. The lowest BCUT2D eigenvalue weighted by molar-refractivity contribution is -0.129. The first-order valence-electron chi connectivity index (χ1n) is 11.4. The Morgan fingerprint density at radius 3 is 2.68 bits per heavy atom. The molecule has 2 amide bonds. The maximum absolute atomic E-state index is 12.8. The third-order valence-corrected chi connectivity index (χ3v) is 8.02. The second-order valence-electron chi connectivity index (χ2n) is 8.33. The van der Waals surface area contributed by atoms with Gasteiger partial charge in [0.25, 0.3) is 0 Å². The van der Waals surface area contributed by atoms with Crippen LogP contribution in [0.15, 0.2) is 30.3 Å². The fraction of sp³-hybridized carbons (Fsp3) is 0.652. The van der Waals surface area contributed by atoms with Crippen molar-refractivity contribution in [3.8, 4) is 0 Å². The Kier molecular flexibility index (Phi) is 11.1. The third-order valence-electron chi connectivity index (χ3n) is 5.80. The molecule has 2 aliphatic rings. The molecule has 1 saturated carbocycles. The Bertz CT molecular complexity index is 665. The summed E-state index contributed by atoms with van der Waals surface area (Å²) in [6, 6.07) is 9.53. The zero-order valence-corrected chi connectivity index (χ0v) is 19.9. The van der Waals surface area contributed by atoms with Crippen LogP contribution in [0.25, 0.3) is 0 Å². The van der Waals surface area contributed by atoms with Crippen molar-refractivity contribution >= 4 is 35.3 Å². The molecule has 0 aromatic heterocycles. The minimum absolute atomic E-state index is 0.0642. The molecule has 1 heterocycles. The van der Waals surface area contributed by atoms with Crippen LogP contribution in [0.2, 0.25) is 0 Å². The normalized spacial score (nSPS) is 20.3. The number of thioether (sulfide) groups is 2. The standard InChI is InChI=1S/C23H36N4O2S2/c28-22(25-12-11-24-13-18-7-3-1-4-8-18)21(27-23(29)20-15-31-17-26-20)16-30-14-19-9-5-2-6-10-19/h1,3-4,7-8,19-21,24,26H,2,5-6,9-17H2,(H,25,28)(H,27,29)/t20-,21-/m0/s1. The summed E-state index contributed by atoms with van der Waals surface area (Å²) in [5.74, 6) is 3.87. The van der Waals surface area contributed by atoms with Gasteiger partial charge in [-0.2, -0.15) is 11.8 Å². The summed E-state index contributed by atoms with van der Waals surface area (Å²) in [7, 11) is 0. The zero-order valence-electron chi connectivity index (χ0n) is 18.2. The van der Waals surface area contributed by atoms with E-state index >= 15 is 0 Å². The number of carbonyl (C=O) groups is 2. The van der Waals surface area contributed by atoms with Gasteiger partial charge in [-0.25, -0.2) is 0 Å². The first-order valence-corrected chi connectivity index (χ1v) is 13.7. The second-order valence-corrected chi connectivity index (χ2v) is 10.4. The molecule has 31 heavy (non-hydrogen) atoms. The third kappa shape index (κ3) is 9.04. The predicted octanol–water partition coefficient (Wildman–Crippen LogP) is 2.35. The van der Waals surface area contributed by atoms with E-state index in [-0.39, 0.29) is 17.9 Å². The largest absolute Gasteiger partial charge is 0.353 e. The lowest BCUT2D eigenvalue weighted by atomic mass is 9.91. The number of hydrogen-bond acceptors (Lipinski definition) is 6. The van der Waals surface area contributed by atoms with Gasteiger partial charge < -0.3 is 16.0 Å². The fourth-order valence-corrected chi connectivity index (χ4v) is 6.17. The summed E-state index contributed by atoms with van der Waals surface area (Å²) in [5, 5.41) is 12.5. The van der Waals surface area contributed by atoms with Crippen LogP contribution >= 0.6 is 23.5 Å². The van der Waals surface area contributed by atoms with E-state index in [1.54, 1.807) is 23.5 Å². The number of carbonyl (C=O) groups excluding carboxylic acids is 2. The van der Waals surface area contributed by atoms with Crippen LogP contribution in [0.4, 0.5) is 0 Å². The van der Waals surface area contributed by atoms with Crippen molar-refractivity contribution in [3.63, 3.8) is 0 Å². The molecule has 1 aromatic carbocycles. The van der Waals surface area contributed by atoms with Gasteiger partial charge in [-0.3, -0.25) is 14.9 Å². The maximum atomic E-state index is 12.8. The molecular formula is C23H36N4O2S2. The van der Waals surface area contributed by atoms with E-state index in [9.17, 15) is 9.59 Å². The van der Waals surface area contributed by atoms with Crippen LogP contribution in [-0.4, -0.2) is 60.1 Å². The summed E-state index contributed by atoms with van der Waals surface area (Å²) in [6.07, 6.45) is 6.60. The molecule has 0 spiro atoms. The highest BCUT2D eigenvalue weighted by molar-refractivity contribution is 7.99. The summed E-state index contributed by atoms with van der Waals surface area (Å²) in [4.78, 5) is 25.4. The van der Waals surface area contributed by atoms with E-state index in [0.29, 0.717) is 18.8 Å². The highest BCUT2D eigenvalue weighted by Gasteiger charge is 2.28. The van der Waals surface area contributed by atoms with Gasteiger partial charge in [0.05, 0.1) is 6.04 Å². The van der Waals surface area contributed by atoms with Gasteiger partial charge in [0.1, 0.15) is 6.04 Å². The zero-order chi connectivity index (χ0) is 21.7. The Morgan fingerprint density at radius 2 is 1.94 bits per heavy atom. The SMILES string of the molecule is O=C(N[C@@H](CSCC1CCCCC1)C(=O)NCCNCc1ccccc1)[C@@H]1CSCN1. The molecule has 6 nitrogen and oxygen atoms in total. The number of amides is 2. The van der Waals surface area contributed by atoms with Gasteiger partial charge in [0, 0.05) is 37.0 Å². The van der Waals surface area contributed by atoms with Crippen molar-refractivity contribution in [1.29, 1.82) is 0 Å². The first-order chi connectivity index (χ1) is 15.2. The Hall–Kier alpha value is -1.22. The molecule has 8 heteroatoms. The molecule has 1 aliphatic carbocycles. The van der Waals surface area contributed by atoms with Gasteiger partial charge in [-0.1, -0.05) is 49.6 Å². The molecule has 1 saturated heterocycles. The first kappa shape index (κ1) is 24.4. The molecule has 0 unspecified atom stereocenters. The molecule has 1 aromatic rings. The molecule has 3 rings (SSSR count). The molecule has 2 fully saturated rings. The van der Waals surface area contributed by atoms with Gasteiger partial charge in [0.15, 0.2) is 0 Å². The summed E-state index contributed by atoms with van der Waals surface area (Å²) in [5.41, 5.74) is 1.22. The van der Waals surface area contributed by atoms with Crippen LogP contribution in [0.1, 0.15) is 37.7 Å². The minimum atomic E-state index is -0.484. The number of nitrogens with one attached hydrogen (secondary N) is 4. The molecule has 0 radical (unpaired) electrons. The van der Waals surface area contributed by atoms with Gasteiger partial charge in [0.2, 0.25) is 11.8 Å². The molecular weight excluding hydrogens is 428 g/mol. The van der Waals surface area contributed by atoms with E-state index in [4.69, 9.17) is 0 Å². The monoisotopic (exact) mass is 464 g/mol. The number of hydrogen-bond donors (Lipinski definition) is 4. The second kappa shape index (κ2) is 14.0.